The fraction of sp³-hybridized carbons (Fsp3) is 1.00. The predicted octanol–water partition coefficient (Wildman–Crippen LogP) is 3.72. The summed E-state index contributed by atoms with van der Waals surface area (Å²) < 4.78 is 6.12. The summed E-state index contributed by atoms with van der Waals surface area (Å²) in [4.78, 5) is 0. The number of thioether (sulfide) groups is 1. The summed E-state index contributed by atoms with van der Waals surface area (Å²) in [6.07, 6.45) is 4.40. The minimum absolute atomic E-state index is 0.390. The lowest BCUT2D eigenvalue weighted by atomic mass is 10.00. The monoisotopic (exact) mass is 216 g/mol. The second-order valence-electron chi connectivity index (χ2n) is 5.06. The van der Waals surface area contributed by atoms with Gasteiger partial charge in [-0.2, -0.15) is 11.8 Å². The Labute approximate surface area is 93.0 Å². The van der Waals surface area contributed by atoms with Crippen LogP contribution in [0.25, 0.3) is 0 Å². The molecule has 1 aliphatic heterocycles. The molecule has 14 heavy (non-hydrogen) atoms. The van der Waals surface area contributed by atoms with Crippen molar-refractivity contribution in [1.82, 2.24) is 0 Å². The maximum Gasteiger partial charge on any atom is 0.0665 e. The van der Waals surface area contributed by atoms with Crippen LogP contribution in [0.5, 0.6) is 0 Å². The molecule has 1 aliphatic rings. The molecule has 0 radical (unpaired) electrons. The molecule has 2 heteroatoms. The van der Waals surface area contributed by atoms with E-state index < -0.39 is 0 Å². The molecule has 0 aromatic rings. The van der Waals surface area contributed by atoms with Crippen molar-refractivity contribution < 1.29 is 4.74 Å². The lowest BCUT2D eigenvalue weighted by molar-refractivity contribution is 0.0313. The van der Waals surface area contributed by atoms with E-state index in [0.717, 1.165) is 12.5 Å². The number of hydrogen-bond acceptors (Lipinski definition) is 2. The van der Waals surface area contributed by atoms with Crippen molar-refractivity contribution in [3.63, 3.8) is 0 Å². The Morgan fingerprint density at radius 1 is 1.36 bits per heavy atom. The molecule has 0 spiro atoms. The van der Waals surface area contributed by atoms with Crippen LogP contribution in [0.1, 0.15) is 47.0 Å². The highest BCUT2D eigenvalue weighted by Crippen LogP contribution is 2.33. The first-order valence-electron chi connectivity index (χ1n) is 5.78. The average Bonchev–Trinajstić information content (AvgIpc) is 2.16. The maximum absolute atomic E-state index is 5.73. The van der Waals surface area contributed by atoms with Gasteiger partial charge in [-0.3, -0.25) is 0 Å². The van der Waals surface area contributed by atoms with Crippen molar-refractivity contribution in [2.75, 3.05) is 12.4 Å². The third-order valence-electron chi connectivity index (χ3n) is 3.31. The van der Waals surface area contributed by atoms with E-state index in [9.17, 15) is 0 Å². The minimum Gasteiger partial charge on any atom is -0.377 e. The zero-order valence-corrected chi connectivity index (χ0v) is 10.8. The number of rotatable bonds is 4. The van der Waals surface area contributed by atoms with Gasteiger partial charge in [0.2, 0.25) is 0 Å². The number of hydrogen-bond donors (Lipinski definition) is 0. The standard InChI is InChI=1S/C12H24OS/c1-10(2)12(3,4)14-9-11-7-5-6-8-13-11/h10-11H,5-9H2,1-4H3. The molecule has 0 amide bonds. The molecule has 1 rings (SSSR count). The van der Waals surface area contributed by atoms with E-state index in [1.54, 1.807) is 0 Å². The van der Waals surface area contributed by atoms with Crippen LogP contribution >= 0.6 is 11.8 Å². The van der Waals surface area contributed by atoms with Crippen molar-refractivity contribution in [2.24, 2.45) is 5.92 Å². The molecule has 0 N–H and O–H groups in total. The van der Waals surface area contributed by atoms with Crippen molar-refractivity contribution >= 4 is 11.8 Å². The van der Waals surface area contributed by atoms with Gasteiger partial charge in [-0.1, -0.05) is 27.7 Å². The molecule has 0 aromatic carbocycles. The fourth-order valence-electron chi connectivity index (χ4n) is 1.41. The number of ether oxygens (including phenoxy) is 1. The van der Waals surface area contributed by atoms with Crippen LogP contribution < -0.4 is 0 Å². The van der Waals surface area contributed by atoms with Crippen molar-refractivity contribution in [3.05, 3.63) is 0 Å². The molecule has 0 aliphatic carbocycles. The maximum atomic E-state index is 5.73. The van der Waals surface area contributed by atoms with Crippen molar-refractivity contribution in [1.29, 1.82) is 0 Å². The van der Waals surface area contributed by atoms with Gasteiger partial charge in [0.1, 0.15) is 0 Å². The normalized spacial score (nSPS) is 24.2. The zero-order valence-electron chi connectivity index (χ0n) is 10.0. The highest BCUT2D eigenvalue weighted by atomic mass is 32.2. The minimum atomic E-state index is 0.390. The Bertz CT molecular complexity index is 160. The molecule has 0 saturated carbocycles. The molecule has 1 unspecified atom stereocenters. The van der Waals surface area contributed by atoms with Crippen LogP contribution in [-0.2, 0) is 4.74 Å². The lowest BCUT2D eigenvalue weighted by Crippen LogP contribution is -2.28. The predicted molar refractivity (Wildman–Crippen MR) is 65.0 cm³/mol. The second kappa shape index (κ2) is 5.41. The van der Waals surface area contributed by atoms with Gasteiger partial charge >= 0.3 is 0 Å². The van der Waals surface area contributed by atoms with Crippen molar-refractivity contribution in [3.8, 4) is 0 Å². The quantitative estimate of drug-likeness (QED) is 0.708. The molecule has 0 bridgehead atoms. The van der Waals surface area contributed by atoms with Gasteiger partial charge in [0, 0.05) is 17.1 Å². The van der Waals surface area contributed by atoms with Crippen LogP contribution in [0.4, 0.5) is 0 Å². The van der Waals surface area contributed by atoms with E-state index in [1.165, 1.54) is 25.0 Å². The molecule has 1 nitrogen and oxygen atoms in total. The smallest absolute Gasteiger partial charge is 0.0665 e. The Kier molecular flexibility index (Phi) is 4.78. The van der Waals surface area contributed by atoms with E-state index >= 15 is 0 Å². The molecule has 1 heterocycles. The molecular weight excluding hydrogens is 192 g/mol. The third-order valence-corrected chi connectivity index (χ3v) is 5.06. The first-order valence-corrected chi connectivity index (χ1v) is 6.76. The van der Waals surface area contributed by atoms with Gasteiger partial charge in [0.25, 0.3) is 0 Å². The van der Waals surface area contributed by atoms with E-state index in [0.29, 0.717) is 10.9 Å². The molecule has 0 aromatic heterocycles. The molecule has 1 fully saturated rings. The summed E-state index contributed by atoms with van der Waals surface area (Å²) in [5.41, 5.74) is 0. The highest BCUT2D eigenvalue weighted by molar-refractivity contribution is 8.00. The molecule has 84 valence electrons. The Morgan fingerprint density at radius 3 is 2.57 bits per heavy atom. The molecule has 1 saturated heterocycles. The Balaban J connectivity index is 2.24. The topological polar surface area (TPSA) is 9.23 Å². The van der Waals surface area contributed by atoms with Gasteiger partial charge in [-0.25, -0.2) is 0 Å². The van der Waals surface area contributed by atoms with Gasteiger partial charge in [-0.15, -0.1) is 0 Å². The summed E-state index contributed by atoms with van der Waals surface area (Å²) in [5.74, 6) is 1.90. The summed E-state index contributed by atoms with van der Waals surface area (Å²) in [5, 5.41) is 0. The van der Waals surface area contributed by atoms with E-state index in [2.05, 4.69) is 39.5 Å². The van der Waals surface area contributed by atoms with Crippen molar-refractivity contribution in [2.45, 2.75) is 57.8 Å². The average molecular weight is 216 g/mol. The van der Waals surface area contributed by atoms with Crippen LogP contribution in [0, 0.1) is 5.92 Å². The summed E-state index contributed by atoms with van der Waals surface area (Å²) in [6, 6.07) is 0. The molecular formula is C12H24OS. The Morgan fingerprint density at radius 2 is 2.07 bits per heavy atom. The van der Waals surface area contributed by atoms with Crippen LogP contribution in [0.15, 0.2) is 0 Å². The van der Waals surface area contributed by atoms with E-state index in [1.807, 2.05) is 0 Å². The summed E-state index contributed by atoms with van der Waals surface area (Å²) >= 11 is 2.07. The fourth-order valence-corrected chi connectivity index (χ4v) is 2.62. The third kappa shape index (κ3) is 3.82. The Hall–Kier alpha value is 0.310. The van der Waals surface area contributed by atoms with Crippen LogP contribution in [0.2, 0.25) is 0 Å². The van der Waals surface area contributed by atoms with Gasteiger partial charge < -0.3 is 4.74 Å². The summed E-state index contributed by atoms with van der Waals surface area (Å²) in [6.45, 7) is 10.3. The van der Waals surface area contributed by atoms with Gasteiger partial charge in [-0.05, 0) is 25.2 Å². The zero-order chi connectivity index (χ0) is 10.6. The summed E-state index contributed by atoms with van der Waals surface area (Å²) in [7, 11) is 0. The first-order chi connectivity index (χ1) is 6.52. The van der Waals surface area contributed by atoms with Crippen LogP contribution in [0.3, 0.4) is 0 Å². The van der Waals surface area contributed by atoms with Gasteiger partial charge in [0.05, 0.1) is 6.10 Å². The largest absolute Gasteiger partial charge is 0.377 e. The molecule has 1 atom stereocenters. The van der Waals surface area contributed by atoms with E-state index in [-0.39, 0.29) is 0 Å². The van der Waals surface area contributed by atoms with Gasteiger partial charge in [0.15, 0.2) is 0 Å². The lowest BCUT2D eigenvalue weighted by Gasteiger charge is -2.31. The second-order valence-corrected chi connectivity index (χ2v) is 6.73. The highest BCUT2D eigenvalue weighted by Gasteiger charge is 2.25. The van der Waals surface area contributed by atoms with Crippen LogP contribution in [-0.4, -0.2) is 23.2 Å². The SMILES string of the molecule is CC(C)C(C)(C)SCC1CCCCO1. The van der Waals surface area contributed by atoms with E-state index in [4.69, 9.17) is 4.74 Å². The first kappa shape index (κ1) is 12.4.